The van der Waals surface area contributed by atoms with E-state index < -0.39 is 0 Å². The normalized spacial score (nSPS) is 13.8. The molecule has 1 aliphatic rings. The number of hydrogen-bond acceptors (Lipinski definition) is 4. The zero-order valence-corrected chi connectivity index (χ0v) is 14.2. The van der Waals surface area contributed by atoms with Gasteiger partial charge in [0, 0.05) is 44.7 Å². The number of hydrogen-bond donors (Lipinski definition) is 1. The van der Waals surface area contributed by atoms with Crippen LogP contribution in [-0.2, 0) is 11.2 Å². The molecular weight excluding hydrogens is 286 g/mol. The Labute approximate surface area is 138 Å². The van der Waals surface area contributed by atoms with Crippen molar-refractivity contribution in [3.8, 4) is 11.1 Å². The van der Waals surface area contributed by atoms with Crippen LogP contribution in [0.2, 0.25) is 0 Å². The average Bonchev–Trinajstić information content (AvgIpc) is 2.60. The van der Waals surface area contributed by atoms with Crippen molar-refractivity contribution in [1.29, 1.82) is 0 Å². The van der Waals surface area contributed by atoms with Crippen LogP contribution in [-0.4, -0.2) is 38.8 Å². The Morgan fingerprint density at radius 2 is 2.17 bits per heavy atom. The lowest BCUT2D eigenvalue weighted by Crippen LogP contribution is -2.32. The van der Waals surface area contributed by atoms with Gasteiger partial charge >= 0.3 is 0 Å². The van der Waals surface area contributed by atoms with Gasteiger partial charge in [-0.15, -0.1) is 0 Å². The lowest BCUT2D eigenvalue weighted by molar-refractivity contribution is 0.205. The SMILES string of the molecule is CNc1ccc(C)c(-c2cnc3c(c2)N(CCOC)CCC3)c1. The largest absolute Gasteiger partial charge is 0.388 e. The fraction of sp³-hybridized carbons (Fsp3) is 0.421. The number of nitrogens with zero attached hydrogens (tertiary/aromatic N) is 2. The van der Waals surface area contributed by atoms with Crippen LogP contribution in [0.4, 0.5) is 11.4 Å². The first kappa shape index (κ1) is 15.8. The molecule has 1 aliphatic heterocycles. The van der Waals surface area contributed by atoms with Crippen LogP contribution < -0.4 is 10.2 Å². The Hall–Kier alpha value is -2.07. The maximum Gasteiger partial charge on any atom is 0.0637 e. The van der Waals surface area contributed by atoms with E-state index in [9.17, 15) is 0 Å². The van der Waals surface area contributed by atoms with Gasteiger partial charge in [0.05, 0.1) is 18.0 Å². The number of ether oxygens (including phenoxy) is 1. The van der Waals surface area contributed by atoms with Gasteiger partial charge in [-0.1, -0.05) is 6.07 Å². The third kappa shape index (κ3) is 3.32. The molecule has 2 heterocycles. The minimum absolute atomic E-state index is 0.748. The lowest BCUT2D eigenvalue weighted by Gasteiger charge is -2.31. The first-order valence-electron chi connectivity index (χ1n) is 8.24. The molecule has 0 bridgehead atoms. The van der Waals surface area contributed by atoms with Crippen molar-refractivity contribution in [2.75, 3.05) is 44.1 Å². The van der Waals surface area contributed by atoms with Crippen molar-refractivity contribution < 1.29 is 4.74 Å². The molecule has 3 rings (SSSR count). The highest BCUT2D eigenvalue weighted by Gasteiger charge is 2.19. The Kier molecular flexibility index (Phi) is 4.82. The van der Waals surface area contributed by atoms with Crippen LogP contribution in [0.1, 0.15) is 17.7 Å². The minimum atomic E-state index is 0.748. The number of rotatable bonds is 5. The van der Waals surface area contributed by atoms with E-state index in [2.05, 4.69) is 41.4 Å². The van der Waals surface area contributed by atoms with E-state index in [-0.39, 0.29) is 0 Å². The van der Waals surface area contributed by atoms with Gasteiger partial charge in [0.2, 0.25) is 0 Å². The minimum Gasteiger partial charge on any atom is -0.388 e. The molecule has 0 fully saturated rings. The van der Waals surface area contributed by atoms with Crippen LogP contribution in [0, 0.1) is 6.92 Å². The van der Waals surface area contributed by atoms with E-state index in [0.29, 0.717) is 0 Å². The number of fused-ring (bicyclic) bond motifs is 1. The molecule has 122 valence electrons. The first-order chi connectivity index (χ1) is 11.2. The number of aromatic nitrogens is 1. The Bertz CT molecular complexity index is 684. The second-order valence-corrected chi connectivity index (χ2v) is 6.05. The van der Waals surface area contributed by atoms with E-state index >= 15 is 0 Å². The molecule has 0 unspecified atom stereocenters. The summed E-state index contributed by atoms with van der Waals surface area (Å²) >= 11 is 0. The number of methoxy groups -OCH3 is 1. The predicted octanol–water partition coefficient (Wildman–Crippen LogP) is 3.50. The van der Waals surface area contributed by atoms with Gasteiger partial charge in [0.1, 0.15) is 0 Å². The van der Waals surface area contributed by atoms with Gasteiger partial charge < -0.3 is 15.0 Å². The summed E-state index contributed by atoms with van der Waals surface area (Å²) in [5, 5.41) is 3.22. The molecule has 23 heavy (non-hydrogen) atoms. The van der Waals surface area contributed by atoms with Crippen LogP contribution in [0.25, 0.3) is 11.1 Å². The highest BCUT2D eigenvalue weighted by Crippen LogP contribution is 2.32. The van der Waals surface area contributed by atoms with Crippen molar-refractivity contribution in [2.45, 2.75) is 19.8 Å². The van der Waals surface area contributed by atoms with Crippen molar-refractivity contribution in [2.24, 2.45) is 0 Å². The molecule has 0 saturated carbocycles. The van der Waals surface area contributed by atoms with E-state index in [0.717, 1.165) is 38.2 Å². The molecule has 4 heteroatoms. The Morgan fingerprint density at radius 3 is 2.96 bits per heavy atom. The summed E-state index contributed by atoms with van der Waals surface area (Å²) in [7, 11) is 3.71. The van der Waals surface area contributed by atoms with Crippen LogP contribution in [0.15, 0.2) is 30.5 Å². The van der Waals surface area contributed by atoms with Crippen molar-refractivity contribution in [1.82, 2.24) is 4.98 Å². The van der Waals surface area contributed by atoms with E-state index in [1.54, 1.807) is 7.11 Å². The molecule has 0 spiro atoms. The number of nitrogens with one attached hydrogen (secondary N) is 1. The summed E-state index contributed by atoms with van der Waals surface area (Å²) in [6.07, 6.45) is 4.24. The summed E-state index contributed by atoms with van der Waals surface area (Å²) < 4.78 is 5.25. The summed E-state index contributed by atoms with van der Waals surface area (Å²) in [5.74, 6) is 0. The van der Waals surface area contributed by atoms with E-state index in [4.69, 9.17) is 9.72 Å². The first-order valence-corrected chi connectivity index (χ1v) is 8.24. The fourth-order valence-corrected chi connectivity index (χ4v) is 3.18. The van der Waals surface area contributed by atoms with Crippen molar-refractivity contribution >= 4 is 11.4 Å². The van der Waals surface area contributed by atoms with Gasteiger partial charge in [-0.05, 0) is 49.1 Å². The monoisotopic (exact) mass is 311 g/mol. The maximum atomic E-state index is 5.25. The van der Waals surface area contributed by atoms with E-state index in [1.165, 1.54) is 28.1 Å². The topological polar surface area (TPSA) is 37.4 Å². The molecule has 0 radical (unpaired) electrons. The van der Waals surface area contributed by atoms with Crippen LogP contribution in [0.3, 0.4) is 0 Å². The molecule has 0 amide bonds. The fourth-order valence-electron chi connectivity index (χ4n) is 3.18. The van der Waals surface area contributed by atoms with Gasteiger partial charge in [-0.2, -0.15) is 0 Å². The molecule has 0 saturated heterocycles. The smallest absolute Gasteiger partial charge is 0.0637 e. The zero-order chi connectivity index (χ0) is 16.2. The number of pyridine rings is 1. The summed E-state index contributed by atoms with van der Waals surface area (Å²) in [6, 6.07) is 8.75. The average molecular weight is 311 g/mol. The van der Waals surface area contributed by atoms with Gasteiger partial charge in [0.15, 0.2) is 0 Å². The molecule has 0 aliphatic carbocycles. The van der Waals surface area contributed by atoms with E-state index in [1.807, 2.05) is 13.2 Å². The highest BCUT2D eigenvalue weighted by atomic mass is 16.5. The van der Waals surface area contributed by atoms with Gasteiger partial charge in [-0.25, -0.2) is 0 Å². The third-order valence-electron chi connectivity index (χ3n) is 4.53. The summed E-state index contributed by atoms with van der Waals surface area (Å²) in [6.45, 7) is 4.90. The molecule has 1 aromatic carbocycles. The maximum absolute atomic E-state index is 5.25. The number of benzene rings is 1. The highest BCUT2D eigenvalue weighted by molar-refractivity contribution is 5.74. The molecular formula is C19H25N3O. The number of anilines is 2. The van der Waals surface area contributed by atoms with Crippen LogP contribution in [0.5, 0.6) is 0 Å². The molecule has 0 atom stereocenters. The van der Waals surface area contributed by atoms with Gasteiger partial charge in [-0.3, -0.25) is 4.98 Å². The Morgan fingerprint density at radius 1 is 1.30 bits per heavy atom. The molecule has 1 aromatic heterocycles. The standard InChI is InChI=1S/C19H25N3O/c1-14-6-7-16(20-2)12-17(14)15-11-19-18(21-13-15)5-4-8-22(19)9-10-23-3/h6-7,11-13,20H,4-5,8-10H2,1-3H3. The second-order valence-electron chi connectivity index (χ2n) is 6.05. The molecule has 2 aromatic rings. The zero-order valence-electron chi connectivity index (χ0n) is 14.2. The summed E-state index contributed by atoms with van der Waals surface area (Å²) in [4.78, 5) is 7.15. The summed E-state index contributed by atoms with van der Waals surface area (Å²) in [5.41, 5.74) is 7.29. The van der Waals surface area contributed by atoms with Gasteiger partial charge in [0.25, 0.3) is 0 Å². The number of aryl methyl sites for hydroxylation is 2. The quantitative estimate of drug-likeness (QED) is 0.917. The predicted molar refractivity (Wildman–Crippen MR) is 96.4 cm³/mol. The van der Waals surface area contributed by atoms with Crippen molar-refractivity contribution in [3.63, 3.8) is 0 Å². The molecule has 1 N–H and O–H groups in total. The Balaban J connectivity index is 1.99. The van der Waals surface area contributed by atoms with Crippen molar-refractivity contribution in [3.05, 3.63) is 41.7 Å². The molecule has 4 nitrogen and oxygen atoms in total. The second kappa shape index (κ2) is 7.01. The van der Waals surface area contributed by atoms with Crippen LogP contribution >= 0.6 is 0 Å². The lowest BCUT2D eigenvalue weighted by atomic mass is 9.98. The third-order valence-corrected chi connectivity index (χ3v) is 4.53.